The Morgan fingerprint density at radius 2 is 2.29 bits per heavy atom. The van der Waals surface area contributed by atoms with Crippen molar-refractivity contribution in [2.45, 2.75) is 6.54 Å². The summed E-state index contributed by atoms with van der Waals surface area (Å²) in [5.74, 6) is 0.917. The van der Waals surface area contributed by atoms with Gasteiger partial charge in [-0.25, -0.2) is 4.98 Å². The predicted molar refractivity (Wildman–Crippen MR) is 72.6 cm³/mol. The quantitative estimate of drug-likeness (QED) is 0.895. The number of carbonyl (C=O) groups excluding carboxylic acids is 2. The zero-order chi connectivity index (χ0) is 14.7. The lowest BCUT2D eigenvalue weighted by molar-refractivity contribution is -0.125. The molecule has 0 radical (unpaired) electrons. The van der Waals surface area contributed by atoms with E-state index in [-0.39, 0.29) is 31.5 Å². The molecule has 1 N–H and O–H groups in total. The first kappa shape index (κ1) is 13.2. The summed E-state index contributed by atoms with van der Waals surface area (Å²) in [6.45, 7) is 0.0799. The third-order valence-electron chi connectivity index (χ3n) is 3.00. The zero-order valence-electron chi connectivity index (χ0n) is 11.1. The van der Waals surface area contributed by atoms with Gasteiger partial charge in [0.1, 0.15) is 12.3 Å². The van der Waals surface area contributed by atoms with Crippen molar-refractivity contribution in [1.82, 2.24) is 10.3 Å². The van der Waals surface area contributed by atoms with Gasteiger partial charge in [-0.1, -0.05) is 0 Å². The standard InChI is InChI=1S/C14H13N3O4/c18-12(16-7-10-3-2-6-20-10)8-17-13(19)9-21-11-4-1-5-15-14(11)17/h1-6H,7-9H2,(H,16,18). The van der Waals surface area contributed by atoms with Crippen LogP contribution in [0.3, 0.4) is 0 Å². The lowest BCUT2D eigenvalue weighted by Gasteiger charge is -2.27. The molecular weight excluding hydrogens is 274 g/mol. The molecule has 0 spiro atoms. The molecule has 7 nitrogen and oxygen atoms in total. The van der Waals surface area contributed by atoms with Gasteiger partial charge in [0.25, 0.3) is 5.91 Å². The fourth-order valence-corrected chi connectivity index (χ4v) is 1.99. The van der Waals surface area contributed by atoms with Crippen molar-refractivity contribution in [2.75, 3.05) is 18.1 Å². The van der Waals surface area contributed by atoms with Crippen LogP contribution >= 0.6 is 0 Å². The Morgan fingerprint density at radius 1 is 1.38 bits per heavy atom. The maximum absolute atomic E-state index is 11.9. The van der Waals surface area contributed by atoms with Gasteiger partial charge in [-0.15, -0.1) is 0 Å². The van der Waals surface area contributed by atoms with E-state index in [0.29, 0.717) is 17.3 Å². The molecule has 2 aromatic heterocycles. The molecule has 108 valence electrons. The molecule has 0 atom stereocenters. The van der Waals surface area contributed by atoms with Crippen LogP contribution in [-0.4, -0.2) is 29.9 Å². The first-order chi connectivity index (χ1) is 10.2. The topological polar surface area (TPSA) is 84.7 Å². The summed E-state index contributed by atoms with van der Waals surface area (Å²) in [7, 11) is 0. The molecule has 7 heteroatoms. The van der Waals surface area contributed by atoms with Crippen molar-refractivity contribution in [3.8, 4) is 5.75 Å². The SMILES string of the molecule is O=C(CN1C(=O)COc2cccnc21)NCc1ccco1. The van der Waals surface area contributed by atoms with Gasteiger partial charge in [0.2, 0.25) is 5.91 Å². The number of nitrogens with zero attached hydrogens (tertiary/aromatic N) is 2. The van der Waals surface area contributed by atoms with Gasteiger partial charge in [0, 0.05) is 6.20 Å². The summed E-state index contributed by atoms with van der Waals surface area (Å²) in [6, 6.07) is 6.93. The lowest BCUT2D eigenvalue weighted by Crippen LogP contribution is -2.45. The molecule has 0 saturated heterocycles. The number of aromatic nitrogens is 1. The molecule has 0 bridgehead atoms. The average molecular weight is 287 g/mol. The highest BCUT2D eigenvalue weighted by molar-refractivity contribution is 6.01. The molecule has 1 aliphatic rings. The molecule has 0 aliphatic carbocycles. The van der Waals surface area contributed by atoms with Crippen LogP contribution in [0.1, 0.15) is 5.76 Å². The highest BCUT2D eigenvalue weighted by Gasteiger charge is 2.28. The Bertz CT molecular complexity index is 654. The lowest BCUT2D eigenvalue weighted by atomic mass is 10.3. The number of furan rings is 1. The van der Waals surface area contributed by atoms with Crippen LogP contribution in [0.4, 0.5) is 5.82 Å². The number of pyridine rings is 1. The van der Waals surface area contributed by atoms with Crippen molar-refractivity contribution < 1.29 is 18.7 Å². The van der Waals surface area contributed by atoms with Gasteiger partial charge in [0.05, 0.1) is 12.8 Å². The third kappa shape index (κ3) is 2.86. The van der Waals surface area contributed by atoms with E-state index in [1.165, 1.54) is 11.2 Å². The van der Waals surface area contributed by atoms with Gasteiger partial charge in [-0.3, -0.25) is 14.5 Å². The summed E-state index contributed by atoms with van der Waals surface area (Å²) in [6.07, 6.45) is 3.09. The first-order valence-electron chi connectivity index (χ1n) is 6.41. The van der Waals surface area contributed by atoms with Crippen LogP contribution in [0.15, 0.2) is 41.1 Å². The summed E-state index contributed by atoms with van der Waals surface area (Å²) >= 11 is 0. The van der Waals surface area contributed by atoms with Gasteiger partial charge < -0.3 is 14.5 Å². The van der Waals surface area contributed by atoms with Crippen molar-refractivity contribution in [3.05, 3.63) is 42.5 Å². The molecule has 3 rings (SSSR count). The minimum absolute atomic E-state index is 0.0931. The molecule has 0 fully saturated rings. The van der Waals surface area contributed by atoms with Crippen LogP contribution in [0.25, 0.3) is 0 Å². The maximum Gasteiger partial charge on any atom is 0.266 e. The monoisotopic (exact) mass is 287 g/mol. The van der Waals surface area contributed by atoms with Crippen LogP contribution in [0.2, 0.25) is 0 Å². The molecule has 0 aromatic carbocycles. The van der Waals surface area contributed by atoms with Crippen molar-refractivity contribution >= 4 is 17.6 Å². The number of nitrogens with one attached hydrogen (secondary N) is 1. The summed E-state index contributed by atoms with van der Waals surface area (Å²) in [4.78, 5) is 29.2. The van der Waals surface area contributed by atoms with Gasteiger partial charge >= 0.3 is 0 Å². The van der Waals surface area contributed by atoms with E-state index in [0.717, 1.165) is 0 Å². The highest BCUT2D eigenvalue weighted by atomic mass is 16.5. The van der Waals surface area contributed by atoms with E-state index < -0.39 is 0 Å². The van der Waals surface area contributed by atoms with E-state index in [1.54, 1.807) is 30.5 Å². The fraction of sp³-hybridized carbons (Fsp3) is 0.214. The number of fused-ring (bicyclic) bond motifs is 1. The number of hydrogen-bond donors (Lipinski definition) is 1. The largest absolute Gasteiger partial charge is 0.480 e. The smallest absolute Gasteiger partial charge is 0.266 e. The molecule has 1 aliphatic heterocycles. The van der Waals surface area contributed by atoms with E-state index in [2.05, 4.69) is 10.3 Å². The van der Waals surface area contributed by atoms with Gasteiger partial charge in [-0.2, -0.15) is 0 Å². The molecule has 3 heterocycles. The van der Waals surface area contributed by atoms with Gasteiger partial charge in [-0.05, 0) is 24.3 Å². The first-order valence-corrected chi connectivity index (χ1v) is 6.41. The Balaban J connectivity index is 1.66. The second-order valence-electron chi connectivity index (χ2n) is 4.45. The van der Waals surface area contributed by atoms with E-state index in [4.69, 9.17) is 9.15 Å². The minimum atomic E-state index is -0.297. The molecule has 0 unspecified atom stereocenters. The third-order valence-corrected chi connectivity index (χ3v) is 3.00. The van der Waals surface area contributed by atoms with Crippen molar-refractivity contribution in [3.63, 3.8) is 0 Å². The molecule has 2 amide bonds. The number of rotatable bonds is 4. The Kier molecular flexibility index (Phi) is 3.55. The Hall–Kier alpha value is -2.83. The van der Waals surface area contributed by atoms with Gasteiger partial charge in [0.15, 0.2) is 18.2 Å². The number of ether oxygens (including phenoxy) is 1. The number of hydrogen-bond acceptors (Lipinski definition) is 5. The van der Waals surface area contributed by atoms with Crippen molar-refractivity contribution in [2.24, 2.45) is 0 Å². The number of carbonyl (C=O) groups is 2. The Labute approximate surface area is 120 Å². The highest BCUT2D eigenvalue weighted by Crippen LogP contribution is 2.28. The normalized spacial score (nSPS) is 13.5. The maximum atomic E-state index is 11.9. The Morgan fingerprint density at radius 3 is 3.10 bits per heavy atom. The molecule has 21 heavy (non-hydrogen) atoms. The van der Waals surface area contributed by atoms with Crippen LogP contribution in [0.5, 0.6) is 5.75 Å². The summed E-state index contributed by atoms with van der Waals surface area (Å²) < 4.78 is 10.4. The zero-order valence-corrected chi connectivity index (χ0v) is 11.1. The summed E-state index contributed by atoms with van der Waals surface area (Å²) in [5.41, 5.74) is 0. The van der Waals surface area contributed by atoms with E-state index in [1.807, 2.05) is 0 Å². The minimum Gasteiger partial charge on any atom is -0.480 e. The second kappa shape index (κ2) is 5.66. The van der Waals surface area contributed by atoms with Crippen LogP contribution in [0, 0.1) is 0 Å². The average Bonchev–Trinajstić information content (AvgIpc) is 3.01. The number of anilines is 1. The fourth-order valence-electron chi connectivity index (χ4n) is 1.99. The predicted octanol–water partition coefficient (Wildman–Crippen LogP) is 0.716. The molecule has 2 aromatic rings. The van der Waals surface area contributed by atoms with Crippen LogP contribution < -0.4 is 15.0 Å². The summed E-state index contributed by atoms with van der Waals surface area (Å²) in [5, 5.41) is 2.69. The molecule has 0 saturated carbocycles. The van der Waals surface area contributed by atoms with Crippen molar-refractivity contribution in [1.29, 1.82) is 0 Å². The van der Waals surface area contributed by atoms with Crippen LogP contribution in [-0.2, 0) is 16.1 Å². The van der Waals surface area contributed by atoms with E-state index >= 15 is 0 Å². The second-order valence-corrected chi connectivity index (χ2v) is 4.45. The number of amides is 2. The van der Waals surface area contributed by atoms with E-state index in [9.17, 15) is 9.59 Å². The molecular formula is C14H13N3O4.